The van der Waals surface area contributed by atoms with Crippen LogP contribution in [0.4, 0.5) is 5.69 Å². The molecule has 7 heteroatoms. The second kappa shape index (κ2) is 9.09. The second-order valence-electron chi connectivity index (χ2n) is 7.12. The first kappa shape index (κ1) is 19.5. The molecule has 1 fully saturated rings. The molecule has 4 rings (SSSR count). The number of aromatic nitrogens is 2. The average Bonchev–Trinajstić information content (AvgIpc) is 3.41. The molecule has 2 aromatic carbocycles. The highest BCUT2D eigenvalue weighted by Crippen LogP contribution is 2.25. The summed E-state index contributed by atoms with van der Waals surface area (Å²) < 4.78 is 11.2. The summed E-state index contributed by atoms with van der Waals surface area (Å²) in [5.41, 5.74) is 1.55. The number of benzene rings is 2. The minimum atomic E-state index is -0.110. The number of carbonyl (C=O) groups excluding carboxylic acids is 1. The van der Waals surface area contributed by atoms with Crippen molar-refractivity contribution in [3.63, 3.8) is 0 Å². The molecule has 0 aliphatic heterocycles. The maximum atomic E-state index is 12.2. The van der Waals surface area contributed by atoms with Crippen molar-refractivity contribution in [2.24, 2.45) is 0 Å². The zero-order chi connectivity index (χ0) is 20.1. The number of ether oxygens (including phenoxy) is 1. The van der Waals surface area contributed by atoms with Gasteiger partial charge in [-0.05, 0) is 74.2 Å². The maximum absolute atomic E-state index is 12.2. The van der Waals surface area contributed by atoms with Crippen molar-refractivity contribution in [1.29, 1.82) is 0 Å². The molecule has 0 saturated heterocycles. The summed E-state index contributed by atoms with van der Waals surface area (Å²) in [4.78, 5) is 16.5. The van der Waals surface area contributed by atoms with Crippen LogP contribution in [-0.4, -0.2) is 22.2 Å². The van der Waals surface area contributed by atoms with E-state index in [1.807, 2.05) is 36.4 Å². The Hall–Kier alpha value is -2.86. The Bertz CT molecular complexity index is 948. The number of hydrogen-bond acceptors (Lipinski definition) is 5. The number of nitrogens with one attached hydrogen (secondary N) is 1. The highest BCUT2D eigenvalue weighted by atomic mass is 35.5. The number of rotatable bonds is 7. The van der Waals surface area contributed by atoms with Crippen LogP contribution in [0.5, 0.6) is 5.75 Å². The molecular formula is C22H22ClN3O3. The van der Waals surface area contributed by atoms with Crippen LogP contribution in [0.25, 0.3) is 11.4 Å². The highest BCUT2D eigenvalue weighted by Gasteiger charge is 2.16. The van der Waals surface area contributed by atoms with Crippen LogP contribution in [0.3, 0.4) is 0 Å². The number of nitrogens with zero attached hydrogens (tertiary/aromatic N) is 2. The Kier molecular flexibility index (Phi) is 6.10. The predicted molar refractivity (Wildman–Crippen MR) is 111 cm³/mol. The molecule has 1 aliphatic rings. The quantitative estimate of drug-likeness (QED) is 0.572. The van der Waals surface area contributed by atoms with Crippen LogP contribution in [0, 0.1) is 0 Å². The molecule has 1 aromatic heterocycles. The first-order chi connectivity index (χ1) is 14.2. The highest BCUT2D eigenvalue weighted by molar-refractivity contribution is 6.30. The van der Waals surface area contributed by atoms with Gasteiger partial charge in [-0.1, -0.05) is 16.8 Å². The molecule has 1 heterocycles. The van der Waals surface area contributed by atoms with Gasteiger partial charge in [0.25, 0.3) is 0 Å². The topological polar surface area (TPSA) is 77.2 Å². The van der Waals surface area contributed by atoms with E-state index in [0.29, 0.717) is 29.3 Å². The monoisotopic (exact) mass is 411 g/mol. The summed E-state index contributed by atoms with van der Waals surface area (Å²) >= 11 is 5.89. The van der Waals surface area contributed by atoms with Gasteiger partial charge in [0.1, 0.15) is 5.75 Å². The van der Waals surface area contributed by atoms with Crippen LogP contribution in [0.1, 0.15) is 38.0 Å². The zero-order valence-electron chi connectivity index (χ0n) is 15.9. The van der Waals surface area contributed by atoms with Gasteiger partial charge in [0.15, 0.2) is 0 Å². The normalized spacial score (nSPS) is 14.1. The van der Waals surface area contributed by atoms with E-state index in [-0.39, 0.29) is 12.3 Å². The molecule has 0 spiro atoms. The van der Waals surface area contributed by atoms with Gasteiger partial charge in [0.2, 0.25) is 17.6 Å². The lowest BCUT2D eigenvalue weighted by atomic mass is 10.2. The first-order valence-corrected chi connectivity index (χ1v) is 10.2. The summed E-state index contributed by atoms with van der Waals surface area (Å²) in [5.74, 6) is 1.64. The Morgan fingerprint density at radius 3 is 2.55 bits per heavy atom. The molecule has 1 amide bonds. The number of halogens is 1. The Labute approximate surface area is 174 Å². The van der Waals surface area contributed by atoms with Crippen molar-refractivity contribution in [3.8, 4) is 17.1 Å². The van der Waals surface area contributed by atoms with Crippen LogP contribution >= 0.6 is 11.6 Å². The Morgan fingerprint density at radius 1 is 1.10 bits per heavy atom. The van der Waals surface area contributed by atoms with Gasteiger partial charge < -0.3 is 14.6 Å². The molecule has 3 aromatic rings. The van der Waals surface area contributed by atoms with Crippen LogP contribution in [0.2, 0.25) is 5.02 Å². The molecule has 1 saturated carbocycles. The molecule has 1 N–H and O–H groups in total. The minimum Gasteiger partial charge on any atom is -0.490 e. The minimum absolute atomic E-state index is 0.110. The van der Waals surface area contributed by atoms with Gasteiger partial charge in [0, 0.05) is 29.1 Å². The zero-order valence-corrected chi connectivity index (χ0v) is 16.7. The third-order valence-corrected chi connectivity index (χ3v) is 5.13. The molecule has 6 nitrogen and oxygen atoms in total. The molecule has 0 bridgehead atoms. The SMILES string of the molecule is O=C(CCc1nc(-c2ccc(Cl)cc2)no1)Nc1ccc(OC2CCCC2)cc1. The van der Waals surface area contributed by atoms with Gasteiger partial charge in [-0.3, -0.25) is 4.79 Å². The third-order valence-electron chi connectivity index (χ3n) is 4.88. The number of amides is 1. The summed E-state index contributed by atoms with van der Waals surface area (Å²) in [6, 6.07) is 14.7. The molecule has 29 heavy (non-hydrogen) atoms. The van der Waals surface area contributed by atoms with E-state index in [9.17, 15) is 4.79 Å². The predicted octanol–water partition coefficient (Wildman–Crippen LogP) is 5.28. The van der Waals surface area contributed by atoms with E-state index in [1.54, 1.807) is 12.1 Å². The van der Waals surface area contributed by atoms with Crippen molar-refractivity contribution in [1.82, 2.24) is 10.1 Å². The number of carbonyl (C=O) groups is 1. The Morgan fingerprint density at radius 2 is 1.83 bits per heavy atom. The number of hydrogen-bond donors (Lipinski definition) is 1. The van der Waals surface area contributed by atoms with Crippen molar-refractivity contribution in [3.05, 3.63) is 59.4 Å². The maximum Gasteiger partial charge on any atom is 0.227 e. The van der Waals surface area contributed by atoms with Crippen molar-refractivity contribution in [2.45, 2.75) is 44.6 Å². The fraction of sp³-hybridized carbons (Fsp3) is 0.318. The molecule has 0 unspecified atom stereocenters. The summed E-state index contributed by atoms with van der Waals surface area (Å²) in [6.07, 6.45) is 5.65. The lowest BCUT2D eigenvalue weighted by Gasteiger charge is -2.13. The summed E-state index contributed by atoms with van der Waals surface area (Å²) in [5, 5.41) is 7.48. The smallest absolute Gasteiger partial charge is 0.227 e. The van der Waals surface area contributed by atoms with Gasteiger partial charge >= 0.3 is 0 Å². The molecule has 150 valence electrons. The van der Waals surface area contributed by atoms with Crippen LogP contribution in [0.15, 0.2) is 53.1 Å². The number of anilines is 1. The van der Waals surface area contributed by atoms with Crippen LogP contribution < -0.4 is 10.1 Å². The van der Waals surface area contributed by atoms with E-state index in [2.05, 4.69) is 15.5 Å². The lowest BCUT2D eigenvalue weighted by molar-refractivity contribution is -0.116. The van der Waals surface area contributed by atoms with Crippen molar-refractivity contribution in [2.75, 3.05) is 5.32 Å². The van der Waals surface area contributed by atoms with E-state index >= 15 is 0 Å². The van der Waals surface area contributed by atoms with Crippen molar-refractivity contribution < 1.29 is 14.1 Å². The van der Waals surface area contributed by atoms with Gasteiger partial charge in [-0.15, -0.1) is 0 Å². The van der Waals surface area contributed by atoms with Gasteiger partial charge in [0.05, 0.1) is 6.10 Å². The van der Waals surface area contributed by atoms with E-state index < -0.39 is 0 Å². The first-order valence-electron chi connectivity index (χ1n) is 9.81. The molecule has 0 atom stereocenters. The average molecular weight is 412 g/mol. The summed E-state index contributed by atoms with van der Waals surface area (Å²) in [7, 11) is 0. The standard InChI is InChI=1S/C22H22ClN3O3/c23-16-7-5-15(6-8-16)22-25-21(29-26-22)14-13-20(27)24-17-9-11-19(12-10-17)28-18-3-1-2-4-18/h5-12,18H,1-4,13-14H2,(H,24,27). The van der Waals surface area contributed by atoms with E-state index in [4.69, 9.17) is 20.9 Å². The second-order valence-corrected chi connectivity index (χ2v) is 7.55. The summed E-state index contributed by atoms with van der Waals surface area (Å²) in [6.45, 7) is 0. The molecule has 0 radical (unpaired) electrons. The fourth-order valence-corrected chi connectivity index (χ4v) is 3.46. The lowest BCUT2D eigenvalue weighted by Crippen LogP contribution is -2.13. The Balaban J connectivity index is 1.26. The van der Waals surface area contributed by atoms with Gasteiger partial charge in [-0.25, -0.2) is 0 Å². The van der Waals surface area contributed by atoms with Crippen LogP contribution in [-0.2, 0) is 11.2 Å². The van der Waals surface area contributed by atoms with E-state index in [1.165, 1.54) is 12.8 Å². The largest absolute Gasteiger partial charge is 0.490 e. The fourth-order valence-electron chi connectivity index (χ4n) is 3.33. The molecule has 1 aliphatic carbocycles. The molecular weight excluding hydrogens is 390 g/mol. The third kappa shape index (κ3) is 5.35. The van der Waals surface area contributed by atoms with Gasteiger partial charge in [-0.2, -0.15) is 4.98 Å². The number of aryl methyl sites for hydroxylation is 1. The van der Waals surface area contributed by atoms with E-state index in [0.717, 1.165) is 29.8 Å². The van der Waals surface area contributed by atoms with Crippen molar-refractivity contribution >= 4 is 23.2 Å².